The molecule has 0 aliphatic heterocycles. The van der Waals surface area contributed by atoms with Crippen molar-refractivity contribution in [2.24, 2.45) is 0 Å². The van der Waals surface area contributed by atoms with Gasteiger partial charge < -0.3 is 10.6 Å². The van der Waals surface area contributed by atoms with Crippen LogP contribution >= 0.6 is 0 Å². The largest absolute Gasteiger partial charge is 0.334 e. The fourth-order valence-electron chi connectivity index (χ4n) is 2.02. The van der Waals surface area contributed by atoms with Crippen LogP contribution in [0.25, 0.3) is 10.9 Å². The Labute approximate surface area is 125 Å². The van der Waals surface area contributed by atoms with Crippen LogP contribution in [0.5, 0.6) is 0 Å². The van der Waals surface area contributed by atoms with Crippen molar-refractivity contribution in [1.82, 2.24) is 20.7 Å². The normalized spacial score (nSPS) is 10.4. The Morgan fingerprint density at radius 1 is 1.14 bits per heavy atom. The van der Waals surface area contributed by atoms with Gasteiger partial charge in [0.05, 0.1) is 5.39 Å². The fourth-order valence-corrected chi connectivity index (χ4v) is 2.02. The van der Waals surface area contributed by atoms with Gasteiger partial charge in [-0.1, -0.05) is 35.5 Å². The summed E-state index contributed by atoms with van der Waals surface area (Å²) in [5.74, 6) is 0. The molecule has 2 aromatic carbocycles. The minimum Gasteiger partial charge on any atom is -0.334 e. The maximum atomic E-state index is 11.9. The van der Waals surface area contributed by atoms with Gasteiger partial charge in [-0.15, -0.1) is 5.10 Å². The van der Waals surface area contributed by atoms with Crippen molar-refractivity contribution in [2.45, 2.75) is 6.54 Å². The second-order valence-corrected chi connectivity index (χ2v) is 4.67. The monoisotopic (exact) mass is 295 g/mol. The van der Waals surface area contributed by atoms with E-state index >= 15 is 0 Å². The van der Waals surface area contributed by atoms with Crippen LogP contribution in [-0.2, 0) is 6.54 Å². The molecule has 7 nitrogen and oxygen atoms in total. The van der Waals surface area contributed by atoms with Crippen LogP contribution in [0, 0.1) is 0 Å². The molecule has 2 amide bonds. The van der Waals surface area contributed by atoms with E-state index in [-0.39, 0.29) is 11.6 Å². The molecule has 1 aromatic heterocycles. The van der Waals surface area contributed by atoms with Crippen LogP contribution in [0.2, 0.25) is 0 Å². The first kappa shape index (κ1) is 13.7. The Balaban J connectivity index is 1.69. The number of hydrogen-bond acceptors (Lipinski definition) is 4. The molecule has 0 fully saturated rings. The lowest BCUT2D eigenvalue weighted by molar-refractivity contribution is 0.251. The lowest BCUT2D eigenvalue weighted by Gasteiger charge is -2.08. The molecule has 0 atom stereocenters. The number of carbonyl (C=O) groups excluding carboxylic acids is 1. The number of nitrogens with one attached hydrogen (secondary N) is 3. The number of H-pyrrole nitrogens is 1. The van der Waals surface area contributed by atoms with E-state index < -0.39 is 0 Å². The summed E-state index contributed by atoms with van der Waals surface area (Å²) in [6.07, 6.45) is 0. The molecule has 0 saturated heterocycles. The average Bonchev–Trinajstić information content (AvgIpc) is 2.55. The van der Waals surface area contributed by atoms with Crippen molar-refractivity contribution in [3.05, 3.63) is 64.4 Å². The van der Waals surface area contributed by atoms with Crippen LogP contribution in [0.15, 0.2) is 53.3 Å². The van der Waals surface area contributed by atoms with Gasteiger partial charge in [-0.3, -0.25) is 4.79 Å². The summed E-state index contributed by atoms with van der Waals surface area (Å²) in [5, 5.41) is 15.3. The Bertz CT molecular complexity index is 860. The summed E-state index contributed by atoms with van der Waals surface area (Å²) in [4.78, 5) is 23.5. The lowest BCUT2D eigenvalue weighted by Crippen LogP contribution is -2.28. The van der Waals surface area contributed by atoms with Crippen LogP contribution in [0.1, 0.15) is 5.56 Å². The number of carbonyl (C=O) groups is 1. The molecule has 7 heteroatoms. The molecule has 0 aliphatic rings. The summed E-state index contributed by atoms with van der Waals surface area (Å²) in [7, 11) is 0. The number of urea groups is 1. The molecule has 1 heterocycles. The standard InChI is InChI=1S/C15H13N5O2/c21-14-12-8-11(6-7-13(12)18-20-19-14)17-15(22)16-9-10-4-2-1-3-5-10/h1-8H,9H2,(H2,16,17,22)(H,18,19,21). The van der Waals surface area contributed by atoms with E-state index in [9.17, 15) is 9.59 Å². The van der Waals surface area contributed by atoms with E-state index in [1.165, 1.54) is 0 Å². The van der Waals surface area contributed by atoms with Crippen LogP contribution in [0.4, 0.5) is 10.5 Å². The number of aromatic amines is 1. The van der Waals surface area contributed by atoms with Crippen molar-refractivity contribution < 1.29 is 4.79 Å². The smallest absolute Gasteiger partial charge is 0.319 e. The highest BCUT2D eigenvalue weighted by atomic mass is 16.2. The quantitative estimate of drug-likeness (QED) is 0.684. The first-order valence-electron chi connectivity index (χ1n) is 6.66. The molecular formula is C15H13N5O2. The van der Waals surface area contributed by atoms with E-state index in [2.05, 4.69) is 26.0 Å². The third-order valence-corrected chi connectivity index (χ3v) is 3.10. The van der Waals surface area contributed by atoms with Crippen molar-refractivity contribution in [3.8, 4) is 0 Å². The van der Waals surface area contributed by atoms with Crippen molar-refractivity contribution in [2.75, 3.05) is 5.32 Å². The van der Waals surface area contributed by atoms with E-state index in [1.807, 2.05) is 30.3 Å². The second kappa shape index (κ2) is 6.04. The Morgan fingerprint density at radius 2 is 1.95 bits per heavy atom. The van der Waals surface area contributed by atoms with Gasteiger partial charge in [0.15, 0.2) is 0 Å². The number of nitrogens with zero attached hydrogens (tertiary/aromatic N) is 2. The minimum absolute atomic E-state index is 0.346. The third kappa shape index (κ3) is 3.09. The van der Waals surface area contributed by atoms with Gasteiger partial charge in [-0.05, 0) is 23.8 Å². The zero-order valence-corrected chi connectivity index (χ0v) is 11.5. The zero-order chi connectivity index (χ0) is 15.4. The van der Waals surface area contributed by atoms with Crippen LogP contribution in [-0.4, -0.2) is 21.4 Å². The number of fused-ring (bicyclic) bond motifs is 1. The molecule has 0 radical (unpaired) electrons. The predicted octanol–water partition coefficient (Wildman–Crippen LogP) is 1.64. The van der Waals surface area contributed by atoms with E-state index in [4.69, 9.17) is 0 Å². The van der Waals surface area contributed by atoms with Gasteiger partial charge in [-0.2, -0.15) is 0 Å². The highest BCUT2D eigenvalue weighted by Gasteiger charge is 2.05. The third-order valence-electron chi connectivity index (χ3n) is 3.10. The number of rotatable bonds is 3. The van der Waals surface area contributed by atoms with Gasteiger partial charge >= 0.3 is 6.03 Å². The predicted molar refractivity (Wildman–Crippen MR) is 82.5 cm³/mol. The molecule has 3 rings (SSSR count). The SMILES string of the molecule is O=C(NCc1ccccc1)Nc1ccc2nn[nH]c(=O)c2c1. The molecule has 3 N–H and O–H groups in total. The zero-order valence-electron chi connectivity index (χ0n) is 11.5. The first-order chi connectivity index (χ1) is 10.7. The Hall–Kier alpha value is -3.22. The number of benzene rings is 2. The summed E-state index contributed by atoms with van der Waals surface area (Å²) < 4.78 is 0. The molecule has 0 bridgehead atoms. The van der Waals surface area contributed by atoms with Gasteiger partial charge in [0.1, 0.15) is 5.52 Å². The molecule has 3 aromatic rings. The van der Waals surface area contributed by atoms with Crippen molar-refractivity contribution >= 4 is 22.6 Å². The maximum absolute atomic E-state index is 11.9. The Kier molecular flexibility index (Phi) is 3.78. The summed E-state index contributed by atoms with van der Waals surface area (Å²) in [5.41, 5.74) is 1.64. The van der Waals surface area contributed by atoms with E-state index in [1.54, 1.807) is 18.2 Å². The van der Waals surface area contributed by atoms with Crippen LogP contribution < -0.4 is 16.2 Å². The molecule has 0 spiro atoms. The second-order valence-electron chi connectivity index (χ2n) is 4.67. The molecular weight excluding hydrogens is 282 g/mol. The summed E-state index contributed by atoms with van der Waals surface area (Å²) in [6, 6.07) is 14.1. The summed E-state index contributed by atoms with van der Waals surface area (Å²) >= 11 is 0. The molecule has 22 heavy (non-hydrogen) atoms. The van der Waals surface area contributed by atoms with Gasteiger partial charge in [0.2, 0.25) is 0 Å². The lowest BCUT2D eigenvalue weighted by atomic mass is 10.2. The number of hydrogen-bond donors (Lipinski definition) is 3. The fraction of sp³-hybridized carbons (Fsp3) is 0.0667. The molecule has 0 unspecified atom stereocenters. The maximum Gasteiger partial charge on any atom is 0.319 e. The number of anilines is 1. The van der Waals surface area contributed by atoms with E-state index in [0.29, 0.717) is 23.1 Å². The average molecular weight is 295 g/mol. The minimum atomic E-state index is -0.349. The molecule has 0 saturated carbocycles. The van der Waals surface area contributed by atoms with Gasteiger partial charge in [-0.25, -0.2) is 9.89 Å². The first-order valence-corrected chi connectivity index (χ1v) is 6.66. The van der Waals surface area contributed by atoms with Gasteiger partial charge in [0, 0.05) is 12.2 Å². The number of aromatic nitrogens is 3. The van der Waals surface area contributed by atoms with Crippen molar-refractivity contribution in [3.63, 3.8) is 0 Å². The summed E-state index contributed by atoms with van der Waals surface area (Å²) in [6.45, 7) is 0.423. The molecule has 0 aliphatic carbocycles. The van der Waals surface area contributed by atoms with Crippen molar-refractivity contribution in [1.29, 1.82) is 0 Å². The molecule has 110 valence electrons. The number of amides is 2. The Morgan fingerprint density at radius 3 is 2.77 bits per heavy atom. The van der Waals surface area contributed by atoms with Gasteiger partial charge in [0.25, 0.3) is 5.56 Å². The topological polar surface area (TPSA) is 99.8 Å². The van der Waals surface area contributed by atoms with Crippen LogP contribution in [0.3, 0.4) is 0 Å². The highest BCUT2D eigenvalue weighted by molar-refractivity contribution is 5.92. The highest BCUT2D eigenvalue weighted by Crippen LogP contribution is 2.13. The van der Waals surface area contributed by atoms with E-state index in [0.717, 1.165) is 5.56 Å².